The van der Waals surface area contributed by atoms with Crippen molar-refractivity contribution >= 4 is 11.5 Å². The maximum absolute atomic E-state index is 5.65. The molecule has 4 nitrogen and oxygen atoms in total. The van der Waals surface area contributed by atoms with Gasteiger partial charge in [0.25, 0.3) is 0 Å². The average Bonchev–Trinajstić information content (AvgIpc) is 2.23. The van der Waals surface area contributed by atoms with Crippen LogP contribution in [0.1, 0.15) is 18.9 Å². The van der Waals surface area contributed by atoms with Gasteiger partial charge in [-0.25, -0.2) is 0 Å². The van der Waals surface area contributed by atoms with Crippen molar-refractivity contribution in [3.8, 4) is 0 Å². The highest BCUT2D eigenvalue weighted by Gasteiger charge is 2.16. The predicted molar refractivity (Wildman–Crippen MR) is 56.2 cm³/mol. The van der Waals surface area contributed by atoms with Gasteiger partial charge in [0.2, 0.25) is 0 Å². The van der Waals surface area contributed by atoms with E-state index in [1.165, 1.54) is 0 Å². The number of rotatable bonds is 1. The Morgan fingerprint density at radius 1 is 1.29 bits per heavy atom. The van der Waals surface area contributed by atoms with Crippen molar-refractivity contribution in [3.63, 3.8) is 0 Å². The standard InChI is InChI=1S/C10H12N4/c1-7-6-9(13-14-10(7)11)8-2-4-12-5-3-8/h2-5,7H,6H2,1H3,(H2,11,14). The van der Waals surface area contributed by atoms with E-state index >= 15 is 0 Å². The van der Waals surface area contributed by atoms with Gasteiger partial charge in [0.05, 0.1) is 5.71 Å². The molecule has 0 radical (unpaired) electrons. The summed E-state index contributed by atoms with van der Waals surface area (Å²) in [6, 6.07) is 3.87. The van der Waals surface area contributed by atoms with E-state index < -0.39 is 0 Å². The molecule has 1 aromatic rings. The molecular formula is C10H12N4. The zero-order chi connectivity index (χ0) is 9.97. The van der Waals surface area contributed by atoms with Crippen molar-refractivity contribution in [1.82, 2.24) is 4.98 Å². The van der Waals surface area contributed by atoms with Gasteiger partial charge in [-0.15, -0.1) is 5.10 Å². The molecule has 2 N–H and O–H groups in total. The monoisotopic (exact) mass is 188 g/mol. The lowest BCUT2D eigenvalue weighted by Gasteiger charge is -2.15. The van der Waals surface area contributed by atoms with Gasteiger partial charge in [-0.05, 0) is 12.1 Å². The number of aromatic nitrogens is 1. The number of hydrogen-bond donors (Lipinski definition) is 1. The molecule has 2 heterocycles. The molecule has 14 heavy (non-hydrogen) atoms. The van der Waals surface area contributed by atoms with Crippen LogP contribution in [0.5, 0.6) is 0 Å². The largest absolute Gasteiger partial charge is 0.385 e. The van der Waals surface area contributed by atoms with E-state index in [-0.39, 0.29) is 5.92 Å². The maximum atomic E-state index is 5.65. The SMILES string of the molecule is CC1CC(c2ccncc2)=NN=C1N. The van der Waals surface area contributed by atoms with Crippen molar-refractivity contribution in [3.05, 3.63) is 30.1 Å². The summed E-state index contributed by atoms with van der Waals surface area (Å²) >= 11 is 0. The third kappa shape index (κ3) is 1.64. The Morgan fingerprint density at radius 2 is 2.00 bits per heavy atom. The predicted octanol–water partition coefficient (Wildman–Crippen LogP) is 1.18. The molecule has 0 aliphatic carbocycles. The fraction of sp³-hybridized carbons (Fsp3) is 0.300. The molecule has 1 aliphatic heterocycles. The molecule has 1 atom stereocenters. The van der Waals surface area contributed by atoms with Gasteiger partial charge in [-0.1, -0.05) is 6.92 Å². The first kappa shape index (κ1) is 8.87. The van der Waals surface area contributed by atoms with Crippen LogP contribution >= 0.6 is 0 Å². The lowest BCUT2D eigenvalue weighted by molar-refractivity contribution is 0.779. The zero-order valence-corrected chi connectivity index (χ0v) is 8.01. The number of nitrogens with two attached hydrogens (primary N) is 1. The molecule has 0 spiro atoms. The molecule has 1 aromatic heterocycles. The first-order valence-corrected chi connectivity index (χ1v) is 4.57. The van der Waals surface area contributed by atoms with Gasteiger partial charge in [-0.3, -0.25) is 4.98 Å². The van der Waals surface area contributed by atoms with Crippen LogP contribution in [0.25, 0.3) is 0 Å². The molecule has 72 valence electrons. The van der Waals surface area contributed by atoms with Crippen molar-refractivity contribution in [2.24, 2.45) is 21.9 Å². The van der Waals surface area contributed by atoms with E-state index in [4.69, 9.17) is 5.73 Å². The third-order valence-electron chi connectivity index (χ3n) is 2.30. The minimum atomic E-state index is 0.274. The Morgan fingerprint density at radius 3 is 2.64 bits per heavy atom. The van der Waals surface area contributed by atoms with E-state index in [0.29, 0.717) is 5.84 Å². The van der Waals surface area contributed by atoms with Gasteiger partial charge in [0.1, 0.15) is 5.84 Å². The van der Waals surface area contributed by atoms with Crippen LogP contribution in [0.2, 0.25) is 0 Å². The van der Waals surface area contributed by atoms with Crippen molar-refractivity contribution in [2.75, 3.05) is 0 Å². The molecule has 0 bridgehead atoms. The van der Waals surface area contributed by atoms with Crippen LogP contribution in [-0.4, -0.2) is 16.5 Å². The Kier molecular flexibility index (Phi) is 2.26. The van der Waals surface area contributed by atoms with Crippen molar-refractivity contribution in [2.45, 2.75) is 13.3 Å². The molecule has 0 saturated heterocycles. The fourth-order valence-electron chi connectivity index (χ4n) is 1.37. The molecule has 0 fully saturated rings. The molecule has 1 unspecified atom stereocenters. The van der Waals surface area contributed by atoms with Crippen LogP contribution < -0.4 is 5.73 Å². The Bertz CT molecular complexity index is 380. The van der Waals surface area contributed by atoms with Crippen LogP contribution in [-0.2, 0) is 0 Å². The van der Waals surface area contributed by atoms with E-state index in [2.05, 4.69) is 22.1 Å². The van der Waals surface area contributed by atoms with E-state index in [1.54, 1.807) is 12.4 Å². The van der Waals surface area contributed by atoms with Crippen LogP contribution in [0.15, 0.2) is 34.7 Å². The second-order valence-electron chi connectivity index (χ2n) is 3.41. The number of pyridine rings is 1. The summed E-state index contributed by atoms with van der Waals surface area (Å²) in [6.45, 7) is 2.05. The van der Waals surface area contributed by atoms with E-state index in [0.717, 1.165) is 17.7 Å². The lowest BCUT2D eigenvalue weighted by Crippen LogP contribution is -2.26. The fourth-order valence-corrected chi connectivity index (χ4v) is 1.37. The summed E-state index contributed by atoms with van der Waals surface area (Å²) in [4.78, 5) is 3.96. The van der Waals surface area contributed by atoms with Gasteiger partial charge < -0.3 is 5.73 Å². The first-order valence-electron chi connectivity index (χ1n) is 4.57. The topological polar surface area (TPSA) is 63.6 Å². The average molecular weight is 188 g/mol. The normalized spacial score (nSPS) is 21.4. The lowest BCUT2D eigenvalue weighted by atomic mass is 9.98. The van der Waals surface area contributed by atoms with E-state index in [9.17, 15) is 0 Å². The van der Waals surface area contributed by atoms with Gasteiger partial charge >= 0.3 is 0 Å². The quantitative estimate of drug-likeness (QED) is 0.719. The number of hydrogen-bond acceptors (Lipinski definition) is 4. The highest BCUT2D eigenvalue weighted by molar-refractivity contribution is 6.04. The molecule has 1 aliphatic rings. The Labute approximate surface area is 82.6 Å². The van der Waals surface area contributed by atoms with Gasteiger partial charge in [0, 0.05) is 30.3 Å². The van der Waals surface area contributed by atoms with Gasteiger partial charge in [0.15, 0.2) is 0 Å². The minimum Gasteiger partial charge on any atom is -0.385 e. The Balaban J connectivity index is 2.30. The number of amidine groups is 1. The Hall–Kier alpha value is -1.71. The van der Waals surface area contributed by atoms with Crippen molar-refractivity contribution in [1.29, 1.82) is 0 Å². The van der Waals surface area contributed by atoms with Gasteiger partial charge in [-0.2, -0.15) is 5.10 Å². The summed E-state index contributed by atoms with van der Waals surface area (Å²) in [5.74, 6) is 0.887. The van der Waals surface area contributed by atoms with Crippen LogP contribution in [0, 0.1) is 5.92 Å². The summed E-state index contributed by atoms with van der Waals surface area (Å²) in [5.41, 5.74) is 7.70. The summed E-state index contributed by atoms with van der Waals surface area (Å²) in [7, 11) is 0. The van der Waals surface area contributed by atoms with Crippen LogP contribution in [0.4, 0.5) is 0 Å². The summed E-state index contributed by atoms with van der Waals surface area (Å²) < 4.78 is 0. The highest BCUT2D eigenvalue weighted by Crippen LogP contribution is 2.14. The molecule has 2 rings (SSSR count). The smallest absolute Gasteiger partial charge is 0.125 e. The number of nitrogens with zero attached hydrogens (tertiary/aromatic N) is 3. The van der Waals surface area contributed by atoms with Crippen molar-refractivity contribution < 1.29 is 0 Å². The molecule has 0 amide bonds. The maximum Gasteiger partial charge on any atom is 0.125 e. The summed E-state index contributed by atoms with van der Waals surface area (Å²) in [6.07, 6.45) is 4.35. The second-order valence-corrected chi connectivity index (χ2v) is 3.41. The minimum absolute atomic E-state index is 0.274. The second kappa shape index (κ2) is 3.57. The molecule has 0 aromatic carbocycles. The zero-order valence-electron chi connectivity index (χ0n) is 8.01. The molecule has 4 heteroatoms. The highest BCUT2D eigenvalue weighted by atomic mass is 15.2. The summed E-state index contributed by atoms with van der Waals surface area (Å²) in [5, 5.41) is 8.01. The molecule has 0 saturated carbocycles. The van der Waals surface area contributed by atoms with Crippen LogP contribution in [0.3, 0.4) is 0 Å². The third-order valence-corrected chi connectivity index (χ3v) is 2.30. The first-order chi connectivity index (χ1) is 6.77. The van der Waals surface area contributed by atoms with E-state index in [1.807, 2.05) is 12.1 Å². The molecular weight excluding hydrogens is 176 g/mol.